The summed E-state index contributed by atoms with van der Waals surface area (Å²) >= 11 is 8.93. The second-order valence-corrected chi connectivity index (χ2v) is 7.90. The standard InChI is InChI=1S/C11H15Br2NS/c1-14-9(5-7-3-2-4-7)8-6-10(12)15-11(8)13/h6-7,9,14H,2-5H2,1H3. The van der Waals surface area contributed by atoms with E-state index >= 15 is 0 Å². The lowest BCUT2D eigenvalue weighted by molar-refractivity contribution is 0.265. The fourth-order valence-electron chi connectivity index (χ4n) is 2.05. The predicted molar refractivity (Wildman–Crippen MR) is 73.5 cm³/mol. The zero-order chi connectivity index (χ0) is 10.8. The fourth-order valence-corrected chi connectivity index (χ4v) is 5.03. The Hall–Kier alpha value is 0.620. The van der Waals surface area contributed by atoms with Gasteiger partial charge in [-0.05, 0) is 62.9 Å². The molecule has 0 spiro atoms. The highest BCUT2D eigenvalue weighted by Crippen LogP contribution is 2.40. The summed E-state index contributed by atoms with van der Waals surface area (Å²) < 4.78 is 2.46. The molecule has 1 fully saturated rings. The highest BCUT2D eigenvalue weighted by Gasteiger charge is 2.24. The van der Waals surface area contributed by atoms with Crippen LogP contribution < -0.4 is 5.32 Å². The zero-order valence-corrected chi connectivity index (χ0v) is 12.7. The number of nitrogens with one attached hydrogen (secondary N) is 1. The average molecular weight is 353 g/mol. The van der Waals surface area contributed by atoms with Crippen LogP contribution in [0.2, 0.25) is 0 Å². The minimum absolute atomic E-state index is 0.507. The first-order valence-electron chi connectivity index (χ1n) is 5.32. The minimum Gasteiger partial charge on any atom is -0.313 e. The molecule has 1 aliphatic carbocycles. The molecule has 1 N–H and O–H groups in total. The molecule has 0 aliphatic heterocycles. The first kappa shape index (κ1) is 12.1. The van der Waals surface area contributed by atoms with Crippen molar-refractivity contribution in [3.8, 4) is 0 Å². The number of hydrogen-bond donors (Lipinski definition) is 1. The van der Waals surface area contributed by atoms with Crippen molar-refractivity contribution in [1.29, 1.82) is 0 Å². The second kappa shape index (κ2) is 5.30. The third-order valence-electron chi connectivity index (χ3n) is 3.20. The first-order valence-corrected chi connectivity index (χ1v) is 7.73. The van der Waals surface area contributed by atoms with Crippen LogP contribution in [0.3, 0.4) is 0 Å². The number of thiophene rings is 1. The van der Waals surface area contributed by atoms with Gasteiger partial charge in [-0.15, -0.1) is 11.3 Å². The van der Waals surface area contributed by atoms with Crippen LogP contribution in [0.15, 0.2) is 13.6 Å². The van der Waals surface area contributed by atoms with E-state index in [2.05, 4.69) is 50.3 Å². The van der Waals surface area contributed by atoms with Crippen LogP contribution in [0, 0.1) is 5.92 Å². The van der Waals surface area contributed by atoms with Crippen molar-refractivity contribution < 1.29 is 0 Å². The van der Waals surface area contributed by atoms with Crippen molar-refractivity contribution in [3.05, 3.63) is 19.2 Å². The van der Waals surface area contributed by atoms with Gasteiger partial charge in [-0.1, -0.05) is 19.3 Å². The fraction of sp³-hybridized carbons (Fsp3) is 0.636. The third-order valence-corrected chi connectivity index (χ3v) is 5.59. The maximum absolute atomic E-state index is 3.64. The smallest absolute Gasteiger partial charge is 0.0758 e. The van der Waals surface area contributed by atoms with Gasteiger partial charge < -0.3 is 5.32 Å². The Morgan fingerprint density at radius 1 is 1.53 bits per heavy atom. The average Bonchev–Trinajstić information content (AvgIpc) is 2.44. The molecule has 1 aliphatic rings. The topological polar surface area (TPSA) is 12.0 Å². The number of hydrogen-bond acceptors (Lipinski definition) is 2. The molecule has 1 aromatic heterocycles. The van der Waals surface area contributed by atoms with Gasteiger partial charge in [-0.25, -0.2) is 0 Å². The van der Waals surface area contributed by atoms with Crippen LogP contribution in [0.5, 0.6) is 0 Å². The lowest BCUT2D eigenvalue weighted by atomic mass is 9.80. The normalized spacial score (nSPS) is 18.9. The maximum atomic E-state index is 3.64. The second-order valence-electron chi connectivity index (χ2n) is 4.15. The molecule has 0 saturated heterocycles. The molecule has 1 heterocycles. The molecule has 84 valence electrons. The summed E-state index contributed by atoms with van der Waals surface area (Å²) in [6.07, 6.45) is 5.54. The largest absolute Gasteiger partial charge is 0.313 e. The van der Waals surface area contributed by atoms with Crippen molar-refractivity contribution in [2.45, 2.75) is 31.7 Å². The van der Waals surface area contributed by atoms with Crippen molar-refractivity contribution in [2.75, 3.05) is 7.05 Å². The predicted octanol–water partition coefficient (Wildman–Crippen LogP) is 4.72. The van der Waals surface area contributed by atoms with Crippen LogP contribution >= 0.6 is 43.2 Å². The van der Waals surface area contributed by atoms with Crippen molar-refractivity contribution >= 4 is 43.2 Å². The van der Waals surface area contributed by atoms with Crippen LogP contribution in [-0.2, 0) is 0 Å². The van der Waals surface area contributed by atoms with E-state index in [1.165, 1.54) is 38.8 Å². The Morgan fingerprint density at radius 3 is 2.67 bits per heavy atom. The molecular formula is C11H15Br2NS. The molecule has 2 rings (SSSR count). The molecule has 1 unspecified atom stereocenters. The Kier molecular flexibility index (Phi) is 4.27. The SMILES string of the molecule is CNC(CC1CCC1)c1cc(Br)sc1Br. The highest BCUT2D eigenvalue weighted by molar-refractivity contribution is 9.12. The molecule has 0 radical (unpaired) electrons. The van der Waals surface area contributed by atoms with Gasteiger partial charge in [-0.2, -0.15) is 0 Å². The van der Waals surface area contributed by atoms with Gasteiger partial charge in [0.15, 0.2) is 0 Å². The monoisotopic (exact) mass is 351 g/mol. The Bertz CT molecular complexity index is 333. The summed E-state index contributed by atoms with van der Waals surface area (Å²) in [6.45, 7) is 0. The molecule has 15 heavy (non-hydrogen) atoms. The molecule has 0 amide bonds. The van der Waals surface area contributed by atoms with E-state index < -0.39 is 0 Å². The Morgan fingerprint density at radius 2 is 2.27 bits per heavy atom. The van der Waals surface area contributed by atoms with Gasteiger partial charge in [-0.3, -0.25) is 0 Å². The maximum Gasteiger partial charge on any atom is 0.0758 e. The highest BCUT2D eigenvalue weighted by atomic mass is 79.9. The van der Waals surface area contributed by atoms with Crippen LogP contribution in [-0.4, -0.2) is 7.05 Å². The quantitative estimate of drug-likeness (QED) is 0.826. The molecule has 1 nitrogen and oxygen atoms in total. The van der Waals surface area contributed by atoms with Gasteiger partial charge in [0.1, 0.15) is 0 Å². The molecule has 1 atom stereocenters. The molecule has 0 aromatic carbocycles. The summed E-state index contributed by atoms with van der Waals surface area (Å²) in [5.41, 5.74) is 1.40. The van der Waals surface area contributed by atoms with E-state index in [-0.39, 0.29) is 0 Å². The molecule has 4 heteroatoms. The minimum atomic E-state index is 0.507. The van der Waals surface area contributed by atoms with Crippen LogP contribution in [0.1, 0.15) is 37.3 Å². The molecular weight excluding hydrogens is 338 g/mol. The van der Waals surface area contributed by atoms with E-state index in [9.17, 15) is 0 Å². The van der Waals surface area contributed by atoms with Gasteiger partial charge in [0.25, 0.3) is 0 Å². The third kappa shape index (κ3) is 2.84. The summed E-state index contributed by atoms with van der Waals surface area (Å²) in [6, 6.07) is 2.74. The van der Waals surface area contributed by atoms with E-state index in [0.29, 0.717) is 6.04 Å². The summed E-state index contributed by atoms with van der Waals surface area (Å²) in [5, 5.41) is 3.43. The van der Waals surface area contributed by atoms with E-state index in [4.69, 9.17) is 0 Å². The molecule has 0 bridgehead atoms. The summed E-state index contributed by atoms with van der Waals surface area (Å²) in [7, 11) is 2.06. The van der Waals surface area contributed by atoms with E-state index in [0.717, 1.165) is 5.92 Å². The lowest BCUT2D eigenvalue weighted by Gasteiger charge is -2.29. The van der Waals surface area contributed by atoms with Gasteiger partial charge in [0.2, 0.25) is 0 Å². The summed E-state index contributed by atoms with van der Waals surface area (Å²) in [5.74, 6) is 0.938. The Labute approximate surface area is 112 Å². The van der Waals surface area contributed by atoms with Gasteiger partial charge >= 0.3 is 0 Å². The van der Waals surface area contributed by atoms with Gasteiger partial charge in [0.05, 0.1) is 7.57 Å². The van der Waals surface area contributed by atoms with E-state index in [1.807, 2.05) is 0 Å². The zero-order valence-electron chi connectivity index (χ0n) is 8.72. The molecule has 1 aromatic rings. The van der Waals surface area contributed by atoms with Crippen LogP contribution in [0.4, 0.5) is 0 Å². The van der Waals surface area contributed by atoms with Gasteiger partial charge in [0, 0.05) is 6.04 Å². The molecule has 1 saturated carbocycles. The van der Waals surface area contributed by atoms with Crippen LogP contribution in [0.25, 0.3) is 0 Å². The number of halogens is 2. The Balaban J connectivity index is 2.07. The van der Waals surface area contributed by atoms with Crippen molar-refractivity contribution in [1.82, 2.24) is 5.32 Å². The summed E-state index contributed by atoms with van der Waals surface area (Å²) in [4.78, 5) is 0. The van der Waals surface area contributed by atoms with Crippen molar-refractivity contribution in [2.24, 2.45) is 5.92 Å². The number of rotatable bonds is 4. The van der Waals surface area contributed by atoms with Crippen molar-refractivity contribution in [3.63, 3.8) is 0 Å². The first-order chi connectivity index (χ1) is 7.20. The lowest BCUT2D eigenvalue weighted by Crippen LogP contribution is -2.23. The van der Waals surface area contributed by atoms with E-state index in [1.54, 1.807) is 11.3 Å².